The van der Waals surface area contributed by atoms with Gasteiger partial charge in [0, 0.05) is 29.3 Å². The molecular weight excluding hydrogens is 374 g/mol. The summed E-state index contributed by atoms with van der Waals surface area (Å²) in [5, 5.41) is 3.61. The van der Waals surface area contributed by atoms with E-state index in [2.05, 4.69) is 79.2 Å². The van der Waals surface area contributed by atoms with Crippen molar-refractivity contribution in [1.82, 2.24) is 5.32 Å². The van der Waals surface area contributed by atoms with Crippen LogP contribution >= 0.6 is 0 Å². The van der Waals surface area contributed by atoms with Crippen LogP contribution in [-0.4, -0.2) is 0 Å². The van der Waals surface area contributed by atoms with Crippen molar-refractivity contribution in [2.45, 2.75) is 57.8 Å². The summed E-state index contributed by atoms with van der Waals surface area (Å²) in [4.78, 5) is 0. The second-order valence-corrected chi connectivity index (χ2v) is 9.31. The highest BCUT2D eigenvalue weighted by atomic mass is 14.9. The van der Waals surface area contributed by atoms with Gasteiger partial charge in [0.05, 0.1) is 0 Å². The number of allylic oxidation sites excluding steroid dienone is 10. The van der Waals surface area contributed by atoms with Crippen LogP contribution in [0.3, 0.4) is 0 Å². The first-order chi connectivity index (χ1) is 15.3. The molecule has 1 heteroatoms. The third kappa shape index (κ3) is 3.84. The molecule has 1 aromatic carbocycles. The molecule has 0 bridgehead atoms. The van der Waals surface area contributed by atoms with Crippen molar-refractivity contribution < 1.29 is 0 Å². The summed E-state index contributed by atoms with van der Waals surface area (Å²) in [5.41, 5.74) is 13.3. The smallest absolute Gasteiger partial charge is 0.0442 e. The van der Waals surface area contributed by atoms with Crippen molar-refractivity contribution in [3.63, 3.8) is 0 Å². The summed E-state index contributed by atoms with van der Waals surface area (Å²) >= 11 is 0. The summed E-state index contributed by atoms with van der Waals surface area (Å²) in [7, 11) is 0. The lowest BCUT2D eigenvalue weighted by Crippen LogP contribution is -2.22. The first kappa shape index (κ1) is 20.2. The maximum atomic E-state index is 4.64. The van der Waals surface area contributed by atoms with Crippen LogP contribution in [0.1, 0.15) is 63.4 Å². The minimum Gasteiger partial charge on any atom is -0.358 e. The van der Waals surface area contributed by atoms with E-state index >= 15 is 0 Å². The van der Waals surface area contributed by atoms with E-state index in [4.69, 9.17) is 0 Å². The Kier molecular flexibility index (Phi) is 5.70. The van der Waals surface area contributed by atoms with Gasteiger partial charge in [-0.05, 0) is 84.8 Å². The minimum atomic E-state index is 0.199. The number of hydrogen-bond donors (Lipinski definition) is 1. The molecule has 0 spiro atoms. The van der Waals surface area contributed by atoms with Gasteiger partial charge in [-0.15, -0.1) is 0 Å². The molecule has 5 rings (SSSR count). The average molecular weight is 408 g/mol. The molecule has 0 saturated carbocycles. The first-order valence-electron chi connectivity index (χ1n) is 12.0. The second-order valence-electron chi connectivity index (χ2n) is 9.31. The Labute approximate surface area is 187 Å². The van der Waals surface area contributed by atoms with Gasteiger partial charge in [0.25, 0.3) is 0 Å². The lowest BCUT2D eigenvalue weighted by atomic mass is 9.69. The van der Waals surface area contributed by atoms with Crippen LogP contribution in [0, 0.1) is 11.8 Å². The fraction of sp³-hybridized carbons (Fsp3) is 0.367. The summed E-state index contributed by atoms with van der Waals surface area (Å²) in [6, 6.07) is 11.0. The van der Waals surface area contributed by atoms with E-state index in [1.165, 1.54) is 84.1 Å². The third-order valence-electron chi connectivity index (χ3n) is 7.56. The molecule has 0 amide bonds. The van der Waals surface area contributed by atoms with E-state index in [0.717, 1.165) is 0 Å². The molecule has 3 atom stereocenters. The minimum absolute atomic E-state index is 0.199. The molecule has 1 aliphatic heterocycles. The summed E-state index contributed by atoms with van der Waals surface area (Å²) in [6.07, 6.45) is 20.0. The third-order valence-corrected chi connectivity index (χ3v) is 7.56. The number of rotatable bonds is 3. The van der Waals surface area contributed by atoms with Gasteiger partial charge in [0.2, 0.25) is 0 Å². The van der Waals surface area contributed by atoms with E-state index in [-0.39, 0.29) is 5.92 Å². The molecule has 0 radical (unpaired) electrons. The van der Waals surface area contributed by atoms with E-state index in [1.807, 2.05) is 6.20 Å². The van der Waals surface area contributed by atoms with E-state index in [1.54, 1.807) is 0 Å². The Morgan fingerprint density at radius 1 is 1.00 bits per heavy atom. The molecule has 1 N–H and O–H groups in total. The van der Waals surface area contributed by atoms with Gasteiger partial charge in [0.15, 0.2) is 0 Å². The Balaban J connectivity index is 1.45. The molecule has 1 aromatic rings. The molecule has 1 nitrogen and oxygen atoms in total. The Morgan fingerprint density at radius 2 is 1.81 bits per heavy atom. The quantitative estimate of drug-likeness (QED) is 0.507. The van der Waals surface area contributed by atoms with Gasteiger partial charge in [-0.25, -0.2) is 0 Å². The van der Waals surface area contributed by atoms with E-state index in [9.17, 15) is 0 Å². The molecule has 4 aliphatic rings. The molecular formula is C30H33N. The van der Waals surface area contributed by atoms with Crippen molar-refractivity contribution in [2.75, 3.05) is 0 Å². The molecule has 0 aromatic heterocycles. The first-order valence-corrected chi connectivity index (χ1v) is 12.0. The standard InChI is InChI=1S/C30H33N/c1-3-22-11-7-13-26-16-15-24(19-20-31-30(22)26)27-18-17-25-12-8-14-28(29(25)21(27)2)23-9-5-4-6-10-23/h4-6,9-10,15-18,20,22,27-28,31H,2-3,7-8,11-14H2,1H3. The largest absolute Gasteiger partial charge is 0.358 e. The lowest BCUT2D eigenvalue weighted by Gasteiger charge is -2.35. The zero-order chi connectivity index (χ0) is 21.2. The molecule has 0 fully saturated rings. The number of hydrogen-bond acceptors (Lipinski definition) is 1. The fourth-order valence-corrected chi connectivity index (χ4v) is 5.91. The Morgan fingerprint density at radius 3 is 2.65 bits per heavy atom. The van der Waals surface area contributed by atoms with Crippen molar-refractivity contribution in [3.05, 3.63) is 112 Å². The lowest BCUT2D eigenvalue weighted by molar-refractivity contribution is 0.469. The van der Waals surface area contributed by atoms with Crippen molar-refractivity contribution in [1.29, 1.82) is 0 Å². The summed E-state index contributed by atoms with van der Waals surface area (Å²) in [5.74, 6) is 1.31. The van der Waals surface area contributed by atoms with Gasteiger partial charge in [-0.2, -0.15) is 0 Å². The van der Waals surface area contributed by atoms with Crippen molar-refractivity contribution >= 4 is 0 Å². The molecule has 31 heavy (non-hydrogen) atoms. The predicted octanol–water partition coefficient (Wildman–Crippen LogP) is 7.66. The predicted molar refractivity (Wildman–Crippen MR) is 130 cm³/mol. The van der Waals surface area contributed by atoms with Crippen LogP contribution in [0.25, 0.3) is 0 Å². The fourth-order valence-electron chi connectivity index (χ4n) is 5.91. The molecule has 3 aliphatic carbocycles. The Bertz CT molecular complexity index is 1050. The van der Waals surface area contributed by atoms with Crippen LogP contribution in [0.4, 0.5) is 0 Å². The highest BCUT2D eigenvalue weighted by Crippen LogP contribution is 2.47. The monoisotopic (exact) mass is 407 g/mol. The molecule has 3 unspecified atom stereocenters. The highest BCUT2D eigenvalue weighted by Gasteiger charge is 2.31. The van der Waals surface area contributed by atoms with Gasteiger partial charge in [-0.1, -0.05) is 67.8 Å². The number of nitrogens with one attached hydrogen (secondary N) is 1. The van der Waals surface area contributed by atoms with Crippen LogP contribution in [-0.2, 0) is 0 Å². The van der Waals surface area contributed by atoms with Gasteiger partial charge >= 0.3 is 0 Å². The van der Waals surface area contributed by atoms with Crippen molar-refractivity contribution in [2.24, 2.45) is 11.8 Å². The normalized spacial score (nSPS) is 27.8. The topological polar surface area (TPSA) is 12.0 Å². The zero-order valence-electron chi connectivity index (χ0n) is 18.7. The van der Waals surface area contributed by atoms with Crippen LogP contribution in [0.2, 0.25) is 0 Å². The SMILES string of the molecule is C=C1C2=C(C=CC1C1=C=CNC3=C(C=C1)CCCC3CC)CCCC2c1ccccc1. The van der Waals surface area contributed by atoms with Crippen LogP contribution in [0.15, 0.2) is 107 Å². The summed E-state index contributed by atoms with van der Waals surface area (Å²) in [6.45, 7) is 6.94. The summed E-state index contributed by atoms with van der Waals surface area (Å²) < 4.78 is 0. The van der Waals surface area contributed by atoms with E-state index < -0.39 is 0 Å². The molecule has 1 heterocycles. The second kappa shape index (κ2) is 8.77. The van der Waals surface area contributed by atoms with E-state index in [0.29, 0.717) is 11.8 Å². The maximum absolute atomic E-state index is 4.64. The van der Waals surface area contributed by atoms with Gasteiger partial charge in [0.1, 0.15) is 0 Å². The van der Waals surface area contributed by atoms with Gasteiger partial charge in [-0.3, -0.25) is 0 Å². The zero-order valence-corrected chi connectivity index (χ0v) is 18.7. The number of benzene rings is 1. The van der Waals surface area contributed by atoms with Crippen LogP contribution < -0.4 is 5.32 Å². The van der Waals surface area contributed by atoms with Gasteiger partial charge < -0.3 is 5.32 Å². The Hall–Kier alpha value is -2.76. The highest BCUT2D eigenvalue weighted by molar-refractivity contribution is 5.56. The molecule has 158 valence electrons. The van der Waals surface area contributed by atoms with Crippen LogP contribution in [0.5, 0.6) is 0 Å². The molecule has 0 saturated heterocycles. The maximum Gasteiger partial charge on any atom is 0.0442 e. The average Bonchev–Trinajstić information content (AvgIpc) is 2.80. The van der Waals surface area contributed by atoms with Crippen molar-refractivity contribution in [3.8, 4) is 0 Å².